The summed E-state index contributed by atoms with van der Waals surface area (Å²) in [5.41, 5.74) is 0. The number of aliphatic hydroxyl groups is 4. The molecule has 1 fully saturated rings. The van der Waals surface area contributed by atoms with Crippen LogP contribution in [0, 0.1) is 0 Å². The Kier molecular flexibility index (Phi) is 6.20. The molecular formula is C12H20FNO8. The van der Waals surface area contributed by atoms with Crippen LogP contribution in [0.2, 0.25) is 0 Å². The number of halogens is 1. The lowest BCUT2D eigenvalue weighted by Crippen LogP contribution is -2.67. The van der Waals surface area contributed by atoms with Gasteiger partial charge < -0.3 is 35.2 Å². The van der Waals surface area contributed by atoms with Gasteiger partial charge in [-0.05, 0) is 0 Å². The summed E-state index contributed by atoms with van der Waals surface area (Å²) in [6.07, 6.45) is -7.59. The van der Waals surface area contributed by atoms with Crippen molar-refractivity contribution in [3.63, 3.8) is 0 Å². The van der Waals surface area contributed by atoms with E-state index in [1.807, 2.05) is 0 Å². The summed E-state index contributed by atoms with van der Waals surface area (Å²) in [5.74, 6) is -4.42. The van der Waals surface area contributed by atoms with E-state index in [0.29, 0.717) is 0 Å². The number of aliphatic hydroxyl groups excluding tert-OH is 3. The van der Waals surface area contributed by atoms with Gasteiger partial charge in [0.2, 0.25) is 5.91 Å². The molecule has 1 aliphatic heterocycles. The van der Waals surface area contributed by atoms with E-state index in [2.05, 4.69) is 10.1 Å². The Bertz CT molecular complexity index is 422. The molecule has 5 N–H and O–H groups in total. The smallest absolute Gasteiger partial charge is 0.366 e. The summed E-state index contributed by atoms with van der Waals surface area (Å²) >= 11 is 0. The maximum Gasteiger partial charge on any atom is 0.366 e. The van der Waals surface area contributed by atoms with Crippen LogP contribution in [-0.2, 0) is 19.1 Å². The van der Waals surface area contributed by atoms with Crippen LogP contribution in [0.25, 0.3) is 0 Å². The molecule has 10 heteroatoms. The third-order valence-corrected chi connectivity index (χ3v) is 3.35. The number of rotatable bonds is 5. The summed E-state index contributed by atoms with van der Waals surface area (Å²) in [4.78, 5) is 22.7. The summed E-state index contributed by atoms with van der Waals surface area (Å²) in [5, 5.41) is 41.6. The molecular weight excluding hydrogens is 305 g/mol. The number of esters is 1. The lowest BCUT2D eigenvalue weighted by atomic mass is 9.88. The largest absolute Gasteiger partial charge is 0.465 e. The number of amides is 1. The summed E-state index contributed by atoms with van der Waals surface area (Å²) < 4.78 is 21.9. The molecule has 0 saturated carbocycles. The third-order valence-electron chi connectivity index (χ3n) is 3.35. The molecule has 0 bridgehead atoms. The number of alkyl halides is 1. The van der Waals surface area contributed by atoms with Crippen LogP contribution in [0.15, 0.2) is 0 Å². The second-order valence-electron chi connectivity index (χ2n) is 5.07. The first-order chi connectivity index (χ1) is 10.2. The van der Waals surface area contributed by atoms with Crippen molar-refractivity contribution in [2.24, 2.45) is 0 Å². The third kappa shape index (κ3) is 3.90. The lowest BCUT2D eigenvalue weighted by molar-refractivity contribution is -0.295. The minimum Gasteiger partial charge on any atom is -0.465 e. The maximum absolute atomic E-state index is 12.5. The number of carbonyl (C=O) groups excluding carboxylic acids is 2. The standard InChI is InChI=1S/C12H20FNO8/c1-5(15)14-8-6(16)3-12(20,11(19)21-2)22-10(8)9(18)7(17)4-13/h6-10,16-18,20H,3-4H2,1-2H3,(H,14,15)/t6-,7+,8+,9+,10+,12-/m0/s1. The molecule has 1 saturated heterocycles. The van der Waals surface area contributed by atoms with Gasteiger partial charge in [-0.1, -0.05) is 0 Å². The van der Waals surface area contributed by atoms with Crippen molar-refractivity contribution >= 4 is 11.9 Å². The molecule has 0 aliphatic carbocycles. The van der Waals surface area contributed by atoms with E-state index < -0.39 is 61.2 Å². The van der Waals surface area contributed by atoms with Crippen molar-refractivity contribution in [2.45, 2.75) is 49.6 Å². The first kappa shape index (κ1) is 18.7. The summed E-state index contributed by atoms with van der Waals surface area (Å²) in [6, 6.07) is -1.27. The molecule has 0 aromatic heterocycles. The Labute approximate surface area is 125 Å². The monoisotopic (exact) mass is 325 g/mol. The van der Waals surface area contributed by atoms with E-state index in [-0.39, 0.29) is 0 Å². The SMILES string of the molecule is COC(=O)[C@]1(O)C[C@H](O)[C@@H](NC(C)=O)[C@H]([C@H](O)[C@H](O)CF)O1. The van der Waals surface area contributed by atoms with Gasteiger partial charge in [0.1, 0.15) is 25.0 Å². The highest BCUT2D eigenvalue weighted by Gasteiger charge is 2.54. The zero-order valence-corrected chi connectivity index (χ0v) is 12.1. The van der Waals surface area contributed by atoms with Gasteiger partial charge in [-0.25, -0.2) is 9.18 Å². The average molecular weight is 325 g/mol. The first-order valence-electron chi connectivity index (χ1n) is 6.52. The molecule has 0 aromatic carbocycles. The normalized spacial score (nSPS) is 34.6. The molecule has 9 nitrogen and oxygen atoms in total. The molecule has 0 spiro atoms. The number of methoxy groups -OCH3 is 1. The first-order valence-corrected chi connectivity index (χ1v) is 6.52. The molecule has 6 atom stereocenters. The molecule has 0 aromatic rings. The van der Waals surface area contributed by atoms with Gasteiger partial charge >= 0.3 is 5.97 Å². The minimum absolute atomic E-state index is 0.594. The number of ether oxygens (including phenoxy) is 2. The molecule has 0 radical (unpaired) electrons. The second kappa shape index (κ2) is 7.29. The molecule has 1 heterocycles. The fourth-order valence-electron chi connectivity index (χ4n) is 2.27. The number of carbonyl (C=O) groups is 2. The quantitative estimate of drug-likeness (QED) is 0.341. The Morgan fingerprint density at radius 1 is 1.50 bits per heavy atom. The zero-order chi connectivity index (χ0) is 17.1. The van der Waals surface area contributed by atoms with Crippen molar-refractivity contribution in [3.05, 3.63) is 0 Å². The second-order valence-corrected chi connectivity index (χ2v) is 5.07. The zero-order valence-electron chi connectivity index (χ0n) is 12.1. The molecule has 1 aliphatic rings. The maximum atomic E-state index is 12.5. The molecule has 1 rings (SSSR count). The highest BCUT2D eigenvalue weighted by atomic mass is 19.1. The van der Waals surface area contributed by atoms with Gasteiger partial charge in [-0.2, -0.15) is 0 Å². The van der Waals surface area contributed by atoms with E-state index in [4.69, 9.17) is 4.74 Å². The average Bonchev–Trinajstić information content (AvgIpc) is 2.46. The Morgan fingerprint density at radius 2 is 2.09 bits per heavy atom. The van der Waals surface area contributed by atoms with E-state index in [9.17, 15) is 34.4 Å². The van der Waals surface area contributed by atoms with Crippen molar-refractivity contribution in [1.29, 1.82) is 0 Å². The minimum atomic E-state index is -2.59. The Balaban J connectivity index is 3.09. The van der Waals surface area contributed by atoms with E-state index >= 15 is 0 Å². The molecule has 1 amide bonds. The van der Waals surface area contributed by atoms with E-state index in [1.165, 1.54) is 0 Å². The van der Waals surface area contributed by atoms with Gasteiger partial charge in [0, 0.05) is 13.3 Å². The molecule has 22 heavy (non-hydrogen) atoms. The number of hydrogen-bond acceptors (Lipinski definition) is 8. The van der Waals surface area contributed by atoms with Gasteiger partial charge in [0.15, 0.2) is 0 Å². The van der Waals surface area contributed by atoms with Crippen molar-refractivity contribution in [3.8, 4) is 0 Å². The fraction of sp³-hybridized carbons (Fsp3) is 0.833. The number of hydrogen-bond donors (Lipinski definition) is 5. The lowest BCUT2D eigenvalue weighted by Gasteiger charge is -2.44. The van der Waals surface area contributed by atoms with Crippen LogP contribution < -0.4 is 5.32 Å². The van der Waals surface area contributed by atoms with Gasteiger partial charge in [0.05, 0.1) is 19.3 Å². The van der Waals surface area contributed by atoms with Crippen LogP contribution in [0.3, 0.4) is 0 Å². The topological polar surface area (TPSA) is 146 Å². The predicted octanol–water partition coefficient (Wildman–Crippen LogP) is -2.81. The highest BCUT2D eigenvalue weighted by Crippen LogP contribution is 2.31. The van der Waals surface area contributed by atoms with Crippen LogP contribution in [0.1, 0.15) is 13.3 Å². The van der Waals surface area contributed by atoms with E-state index in [0.717, 1.165) is 14.0 Å². The van der Waals surface area contributed by atoms with Crippen LogP contribution >= 0.6 is 0 Å². The molecule has 0 unspecified atom stereocenters. The van der Waals surface area contributed by atoms with Crippen LogP contribution in [-0.4, -0.2) is 82.3 Å². The highest BCUT2D eigenvalue weighted by molar-refractivity contribution is 5.78. The van der Waals surface area contributed by atoms with Crippen LogP contribution in [0.5, 0.6) is 0 Å². The van der Waals surface area contributed by atoms with Crippen molar-refractivity contribution in [1.82, 2.24) is 5.32 Å². The summed E-state index contributed by atoms with van der Waals surface area (Å²) in [6.45, 7) is -0.205. The van der Waals surface area contributed by atoms with Crippen molar-refractivity contribution in [2.75, 3.05) is 13.8 Å². The van der Waals surface area contributed by atoms with E-state index in [1.54, 1.807) is 0 Å². The summed E-state index contributed by atoms with van der Waals surface area (Å²) in [7, 11) is 0.970. The van der Waals surface area contributed by atoms with Crippen LogP contribution in [0.4, 0.5) is 4.39 Å². The Morgan fingerprint density at radius 3 is 2.55 bits per heavy atom. The van der Waals surface area contributed by atoms with Gasteiger partial charge in [-0.3, -0.25) is 4.79 Å². The van der Waals surface area contributed by atoms with Gasteiger partial charge in [0.25, 0.3) is 5.79 Å². The number of nitrogens with one attached hydrogen (secondary N) is 1. The predicted molar refractivity (Wildman–Crippen MR) is 68.1 cm³/mol. The van der Waals surface area contributed by atoms with Gasteiger partial charge in [-0.15, -0.1) is 0 Å². The van der Waals surface area contributed by atoms with Crippen molar-refractivity contribution < 1.29 is 43.9 Å². The Hall–Kier alpha value is -1.33. The fourth-order valence-corrected chi connectivity index (χ4v) is 2.27. The molecule has 128 valence electrons.